The average molecular weight is 538 g/mol. The van der Waals surface area contributed by atoms with Crippen molar-refractivity contribution in [3.63, 3.8) is 0 Å². The molecule has 11 heteroatoms. The fraction of sp³-hybridized carbons (Fsp3) is 0.259. The molecule has 10 nitrogen and oxygen atoms in total. The first kappa shape index (κ1) is 26.9. The summed E-state index contributed by atoms with van der Waals surface area (Å²) in [5.41, 5.74) is 1.02. The van der Waals surface area contributed by atoms with Crippen LogP contribution >= 0.6 is 0 Å². The molecule has 1 unspecified atom stereocenters. The molecule has 0 bridgehead atoms. The quantitative estimate of drug-likeness (QED) is 0.360. The van der Waals surface area contributed by atoms with Gasteiger partial charge in [0.25, 0.3) is 5.91 Å². The van der Waals surface area contributed by atoms with Crippen LogP contribution in [0.25, 0.3) is 0 Å². The number of para-hydroxylation sites is 1. The highest BCUT2D eigenvalue weighted by Gasteiger charge is 2.42. The molecule has 3 aromatic rings. The van der Waals surface area contributed by atoms with Gasteiger partial charge in [-0.15, -0.1) is 0 Å². The highest BCUT2D eigenvalue weighted by Crippen LogP contribution is 2.33. The van der Waals surface area contributed by atoms with Gasteiger partial charge in [0.2, 0.25) is 10.0 Å². The number of rotatable bonds is 7. The molecule has 38 heavy (non-hydrogen) atoms. The summed E-state index contributed by atoms with van der Waals surface area (Å²) in [6.45, 7) is 0.264. The van der Waals surface area contributed by atoms with Crippen LogP contribution in [0.4, 0.5) is 5.69 Å². The third-order valence-electron chi connectivity index (χ3n) is 5.89. The van der Waals surface area contributed by atoms with E-state index in [9.17, 15) is 18.0 Å². The molecule has 1 aliphatic rings. The first-order chi connectivity index (χ1) is 18.4. The van der Waals surface area contributed by atoms with Crippen molar-refractivity contribution in [3.8, 4) is 17.6 Å². The van der Waals surface area contributed by atoms with Gasteiger partial charge in [0, 0.05) is 12.2 Å². The lowest BCUT2D eigenvalue weighted by molar-refractivity contribution is -0.144. The smallest absolute Gasteiger partial charge is 0.326 e. The number of ether oxygens (including phenoxy) is 2. The molecule has 0 aliphatic carbocycles. The Morgan fingerprint density at radius 1 is 1.08 bits per heavy atom. The number of hydrogen-bond acceptors (Lipinski definition) is 8. The number of carbonyl (C=O) groups is 2. The van der Waals surface area contributed by atoms with Crippen molar-refractivity contribution < 1.29 is 31.9 Å². The van der Waals surface area contributed by atoms with Gasteiger partial charge in [-0.05, 0) is 55.1 Å². The van der Waals surface area contributed by atoms with E-state index in [1.807, 2.05) is 0 Å². The lowest BCUT2D eigenvalue weighted by Crippen LogP contribution is -2.50. The summed E-state index contributed by atoms with van der Waals surface area (Å²) in [5.74, 6) is 4.93. The predicted octanol–water partition coefficient (Wildman–Crippen LogP) is 2.27. The molecule has 0 radical (unpaired) electrons. The summed E-state index contributed by atoms with van der Waals surface area (Å²) in [4.78, 5) is 27.6. The third kappa shape index (κ3) is 5.73. The van der Waals surface area contributed by atoms with Crippen LogP contribution in [0.1, 0.15) is 16.1 Å². The van der Waals surface area contributed by atoms with Crippen molar-refractivity contribution in [2.45, 2.75) is 17.5 Å². The van der Waals surface area contributed by atoms with E-state index >= 15 is 0 Å². The van der Waals surface area contributed by atoms with E-state index in [4.69, 9.17) is 13.9 Å². The predicted molar refractivity (Wildman–Crippen MR) is 139 cm³/mol. The van der Waals surface area contributed by atoms with Gasteiger partial charge in [0.05, 0.1) is 31.4 Å². The highest BCUT2D eigenvalue weighted by atomic mass is 32.2. The molecule has 1 atom stereocenters. The van der Waals surface area contributed by atoms with E-state index < -0.39 is 27.9 Å². The number of carbonyl (C=O) groups excluding carboxylic acids is 2. The molecule has 1 aromatic heterocycles. The number of esters is 1. The molecule has 2 aromatic carbocycles. The molecule has 1 amide bonds. The number of benzene rings is 2. The Balaban J connectivity index is 1.68. The van der Waals surface area contributed by atoms with Crippen molar-refractivity contribution in [1.82, 2.24) is 9.62 Å². The Labute approximate surface area is 221 Å². The number of nitrogens with zero attached hydrogens (tertiary/aromatic N) is 2. The largest absolute Gasteiger partial charge is 0.481 e. The third-order valence-corrected chi connectivity index (χ3v) is 7.76. The second-order valence-corrected chi connectivity index (χ2v) is 10.1. The average Bonchev–Trinajstić information content (AvgIpc) is 3.41. The van der Waals surface area contributed by atoms with Gasteiger partial charge in [-0.2, -0.15) is 4.31 Å². The van der Waals surface area contributed by atoms with E-state index in [1.54, 1.807) is 37.4 Å². The zero-order chi connectivity index (χ0) is 27.1. The summed E-state index contributed by atoms with van der Waals surface area (Å²) in [7, 11) is -1.24. The maximum atomic E-state index is 13.9. The summed E-state index contributed by atoms with van der Waals surface area (Å²) < 4.78 is 44.6. The number of amides is 1. The van der Waals surface area contributed by atoms with Crippen molar-refractivity contribution in [3.05, 3.63) is 78.3 Å². The van der Waals surface area contributed by atoms with E-state index in [2.05, 4.69) is 17.2 Å². The van der Waals surface area contributed by atoms with Gasteiger partial charge >= 0.3 is 5.97 Å². The molecular weight excluding hydrogens is 510 g/mol. The van der Waals surface area contributed by atoms with Crippen LogP contribution in [0.3, 0.4) is 0 Å². The molecular formula is C27H27N3O7S. The summed E-state index contributed by atoms with van der Waals surface area (Å²) in [6, 6.07) is 14.5. The molecule has 0 spiro atoms. The first-order valence-electron chi connectivity index (χ1n) is 11.7. The Kier molecular flexibility index (Phi) is 8.48. The van der Waals surface area contributed by atoms with Crippen LogP contribution in [-0.2, 0) is 26.1 Å². The van der Waals surface area contributed by atoms with Gasteiger partial charge in [-0.1, -0.05) is 30.0 Å². The van der Waals surface area contributed by atoms with Gasteiger partial charge in [-0.3, -0.25) is 9.59 Å². The van der Waals surface area contributed by atoms with Crippen molar-refractivity contribution in [1.29, 1.82) is 0 Å². The molecule has 0 saturated heterocycles. The molecule has 0 saturated carbocycles. The second-order valence-electron chi connectivity index (χ2n) is 8.25. The number of sulfonamides is 1. The van der Waals surface area contributed by atoms with Crippen LogP contribution in [0.15, 0.2) is 76.2 Å². The molecule has 2 heterocycles. The minimum Gasteiger partial charge on any atom is -0.481 e. The zero-order valence-corrected chi connectivity index (χ0v) is 21.7. The SMILES string of the molecule is CNCC#CCOc1ccc(S(=O)(=O)N2Cc3ccccc3N(C(=O)c3ccco3)CC2C(=O)OC)cc1. The van der Waals surface area contributed by atoms with Crippen LogP contribution < -0.4 is 15.0 Å². The number of hydrogen-bond donors (Lipinski definition) is 1. The number of furan rings is 1. The minimum absolute atomic E-state index is 0.0386. The highest BCUT2D eigenvalue weighted by molar-refractivity contribution is 7.89. The van der Waals surface area contributed by atoms with E-state index in [-0.39, 0.29) is 30.4 Å². The fourth-order valence-electron chi connectivity index (χ4n) is 4.02. The molecule has 1 aliphatic heterocycles. The van der Waals surface area contributed by atoms with Gasteiger partial charge in [-0.25, -0.2) is 8.42 Å². The number of methoxy groups -OCH3 is 1. The normalized spacial score (nSPS) is 15.5. The second kappa shape index (κ2) is 12.0. The Morgan fingerprint density at radius 2 is 1.84 bits per heavy atom. The number of fused-ring (bicyclic) bond motifs is 1. The van der Waals surface area contributed by atoms with E-state index in [1.165, 1.54) is 48.6 Å². The molecule has 198 valence electrons. The topological polar surface area (TPSA) is 118 Å². The maximum Gasteiger partial charge on any atom is 0.326 e. The van der Waals surface area contributed by atoms with Crippen molar-refractivity contribution in [2.24, 2.45) is 0 Å². The van der Waals surface area contributed by atoms with Crippen LogP contribution in [-0.4, -0.2) is 64.5 Å². The summed E-state index contributed by atoms with van der Waals surface area (Å²) in [6.07, 6.45) is 1.37. The van der Waals surface area contributed by atoms with E-state index in [0.29, 0.717) is 23.5 Å². The lowest BCUT2D eigenvalue weighted by atomic mass is 10.1. The van der Waals surface area contributed by atoms with Gasteiger partial charge in [0.1, 0.15) is 18.4 Å². The van der Waals surface area contributed by atoms with Crippen LogP contribution in [0.5, 0.6) is 5.75 Å². The Bertz CT molecular complexity index is 1440. The van der Waals surface area contributed by atoms with E-state index in [0.717, 1.165) is 4.31 Å². The molecule has 1 N–H and O–H groups in total. The monoisotopic (exact) mass is 537 g/mol. The number of nitrogens with one attached hydrogen (secondary N) is 1. The Hall–Kier alpha value is -4.11. The zero-order valence-electron chi connectivity index (χ0n) is 20.9. The van der Waals surface area contributed by atoms with Crippen LogP contribution in [0.2, 0.25) is 0 Å². The number of anilines is 1. The van der Waals surface area contributed by atoms with Gasteiger partial charge < -0.3 is 24.1 Å². The summed E-state index contributed by atoms with van der Waals surface area (Å²) in [5, 5.41) is 2.90. The van der Waals surface area contributed by atoms with Gasteiger partial charge in [0.15, 0.2) is 5.76 Å². The van der Waals surface area contributed by atoms with Crippen molar-refractivity contribution >= 4 is 27.6 Å². The molecule has 4 rings (SSSR count). The lowest BCUT2D eigenvalue weighted by Gasteiger charge is -2.29. The minimum atomic E-state index is -4.21. The van der Waals surface area contributed by atoms with Crippen molar-refractivity contribution in [2.75, 3.05) is 38.8 Å². The molecule has 0 fully saturated rings. The standard InChI is InChI=1S/C27H27N3O7S/c1-28-15-5-6-16-36-21-11-13-22(14-12-21)38(33,34)30-18-20-8-3-4-9-23(20)29(19-24(30)27(32)35-2)26(31)25-10-7-17-37-25/h3-4,7-14,17,24,28H,15-16,18-19H2,1-2H3. The van der Waals surface area contributed by atoms with Crippen LogP contribution in [0, 0.1) is 11.8 Å². The maximum absolute atomic E-state index is 13.9. The Morgan fingerprint density at radius 3 is 2.53 bits per heavy atom. The fourth-order valence-corrected chi connectivity index (χ4v) is 5.57. The summed E-state index contributed by atoms with van der Waals surface area (Å²) >= 11 is 0. The first-order valence-corrected chi connectivity index (χ1v) is 13.2.